The standard InChI is InChI=1S/C27H30Cl2N4O7/c1-5-9-39-25-17(10-18(28)12-19(25)29)13-30-33-22(34)14-40-20-8-7-16(11-21(20)38-6-2)24-23(26(35)37-4)15(3)31-27(36)32-24/h5,7-8,10-13,22,24,33-34H,1,6,9,14H2,2-4H3,(H2,31,32,36)/b30-13+/t22-,24+/m0/s1. The second kappa shape index (κ2) is 14.5. The van der Waals surface area contributed by atoms with E-state index in [1.165, 1.54) is 13.3 Å². The highest BCUT2D eigenvalue weighted by Gasteiger charge is 2.32. The van der Waals surface area contributed by atoms with Crippen molar-refractivity contribution in [3.05, 3.63) is 75.4 Å². The van der Waals surface area contributed by atoms with Crippen molar-refractivity contribution in [2.45, 2.75) is 26.1 Å². The maximum Gasteiger partial charge on any atom is 0.337 e. The van der Waals surface area contributed by atoms with E-state index in [0.29, 0.717) is 50.7 Å². The maximum atomic E-state index is 12.4. The molecule has 0 aromatic heterocycles. The Morgan fingerprint density at radius 1 is 1.23 bits per heavy atom. The van der Waals surface area contributed by atoms with Crippen LogP contribution in [0.5, 0.6) is 17.2 Å². The number of nitrogens with one attached hydrogen (secondary N) is 3. The van der Waals surface area contributed by atoms with Gasteiger partial charge in [0.15, 0.2) is 17.7 Å². The second-order valence-corrected chi connectivity index (χ2v) is 9.16. The third-order valence-corrected chi connectivity index (χ3v) is 5.98. The van der Waals surface area contributed by atoms with Crippen molar-refractivity contribution in [2.24, 2.45) is 5.10 Å². The van der Waals surface area contributed by atoms with E-state index in [1.54, 1.807) is 50.3 Å². The lowest BCUT2D eigenvalue weighted by atomic mass is 9.95. The Labute approximate surface area is 241 Å². The summed E-state index contributed by atoms with van der Waals surface area (Å²) in [6.07, 6.45) is 1.78. The van der Waals surface area contributed by atoms with Crippen LogP contribution in [0.25, 0.3) is 0 Å². The number of allylic oxidation sites excluding steroid dienone is 1. The molecule has 2 atom stereocenters. The van der Waals surface area contributed by atoms with Crippen LogP contribution in [-0.4, -0.2) is 56.5 Å². The van der Waals surface area contributed by atoms with Crippen molar-refractivity contribution in [3.63, 3.8) is 0 Å². The van der Waals surface area contributed by atoms with Gasteiger partial charge in [-0.2, -0.15) is 5.10 Å². The smallest absolute Gasteiger partial charge is 0.337 e. The summed E-state index contributed by atoms with van der Waals surface area (Å²) >= 11 is 12.3. The largest absolute Gasteiger partial charge is 0.490 e. The van der Waals surface area contributed by atoms with Crippen molar-refractivity contribution in [1.82, 2.24) is 16.1 Å². The van der Waals surface area contributed by atoms with Gasteiger partial charge in [0.05, 0.1) is 36.6 Å². The Hall–Kier alpha value is -3.93. The molecule has 0 unspecified atom stereocenters. The molecule has 1 heterocycles. The number of nitrogens with zero attached hydrogens (tertiary/aromatic N) is 1. The molecule has 2 aromatic rings. The number of aliphatic hydroxyl groups excluding tert-OH is 1. The zero-order valence-electron chi connectivity index (χ0n) is 22.1. The molecule has 0 saturated carbocycles. The summed E-state index contributed by atoms with van der Waals surface area (Å²) in [5, 5.41) is 20.4. The van der Waals surface area contributed by atoms with Gasteiger partial charge in [-0.25, -0.2) is 9.59 Å². The zero-order chi connectivity index (χ0) is 29.2. The first-order valence-corrected chi connectivity index (χ1v) is 12.9. The molecule has 1 aliphatic heterocycles. The molecule has 1 aliphatic rings. The molecule has 0 saturated heterocycles. The van der Waals surface area contributed by atoms with Crippen LogP contribution in [0.1, 0.15) is 31.0 Å². The lowest BCUT2D eigenvalue weighted by molar-refractivity contribution is -0.136. The number of methoxy groups -OCH3 is 1. The summed E-state index contributed by atoms with van der Waals surface area (Å²) in [5.41, 5.74) is 4.27. The van der Waals surface area contributed by atoms with Crippen molar-refractivity contribution in [2.75, 3.05) is 26.9 Å². The van der Waals surface area contributed by atoms with Crippen molar-refractivity contribution >= 4 is 41.4 Å². The molecule has 0 fully saturated rings. The lowest BCUT2D eigenvalue weighted by Gasteiger charge is -2.28. The van der Waals surface area contributed by atoms with Gasteiger partial charge in [0, 0.05) is 16.3 Å². The fourth-order valence-corrected chi connectivity index (χ4v) is 4.35. The van der Waals surface area contributed by atoms with E-state index in [0.717, 1.165) is 0 Å². The van der Waals surface area contributed by atoms with Gasteiger partial charge < -0.3 is 34.7 Å². The average Bonchev–Trinajstić information content (AvgIpc) is 2.91. The fraction of sp³-hybridized carbons (Fsp3) is 0.296. The normalized spacial score (nSPS) is 15.7. The predicted octanol–water partition coefficient (Wildman–Crippen LogP) is 4.08. The molecule has 2 aromatic carbocycles. The summed E-state index contributed by atoms with van der Waals surface area (Å²) in [6.45, 7) is 7.39. The highest BCUT2D eigenvalue weighted by molar-refractivity contribution is 6.36. The van der Waals surface area contributed by atoms with Crippen LogP contribution in [0.2, 0.25) is 10.0 Å². The van der Waals surface area contributed by atoms with E-state index in [9.17, 15) is 14.7 Å². The molecule has 3 rings (SSSR count). The molecular weight excluding hydrogens is 563 g/mol. The number of rotatable bonds is 13. The molecule has 0 radical (unpaired) electrons. The van der Waals surface area contributed by atoms with Gasteiger partial charge in [0.1, 0.15) is 19.0 Å². The first-order chi connectivity index (χ1) is 19.2. The van der Waals surface area contributed by atoms with Crippen LogP contribution in [-0.2, 0) is 9.53 Å². The minimum atomic E-state index is -1.20. The molecule has 0 spiro atoms. The van der Waals surface area contributed by atoms with Crippen LogP contribution in [0.15, 0.2) is 59.4 Å². The van der Waals surface area contributed by atoms with Crippen LogP contribution in [0.4, 0.5) is 4.79 Å². The summed E-state index contributed by atoms with van der Waals surface area (Å²) in [7, 11) is 1.27. The molecule has 11 nitrogen and oxygen atoms in total. The van der Waals surface area contributed by atoms with E-state index in [2.05, 4.69) is 27.7 Å². The molecule has 0 bridgehead atoms. The average molecular weight is 593 g/mol. The molecule has 40 heavy (non-hydrogen) atoms. The summed E-state index contributed by atoms with van der Waals surface area (Å²) < 4.78 is 22.0. The van der Waals surface area contributed by atoms with Gasteiger partial charge in [0.2, 0.25) is 0 Å². The van der Waals surface area contributed by atoms with Crippen LogP contribution in [0.3, 0.4) is 0 Å². The number of hydrazone groups is 1. The topological polar surface area (TPSA) is 140 Å². The Kier molecular flexibility index (Phi) is 11.1. The number of aliphatic hydroxyl groups is 1. The van der Waals surface area contributed by atoms with Crippen molar-refractivity contribution in [3.8, 4) is 17.2 Å². The van der Waals surface area contributed by atoms with E-state index in [1.807, 2.05) is 0 Å². The van der Waals surface area contributed by atoms with Crippen LogP contribution < -0.4 is 30.3 Å². The number of urea groups is 1. The fourth-order valence-electron chi connectivity index (χ4n) is 3.79. The Balaban J connectivity index is 1.72. The number of hydrogen-bond donors (Lipinski definition) is 4. The highest BCUT2D eigenvalue weighted by atomic mass is 35.5. The predicted molar refractivity (Wildman–Crippen MR) is 151 cm³/mol. The summed E-state index contributed by atoms with van der Waals surface area (Å²) in [6, 6.07) is 6.88. The van der Waals surface area contributed by atoms with Crippen LogP contribution in [0, 0.1) is 0 Å². The third kappa shape index (κ3) is 7.81. The van der Waals surface area contributed by atoms with Crippen LogP contribution >= 0.6 is 23.2 Å². The van der Waals surface area contributed by atoms with Gasteiger partial charge in [-0.15, -0.1) is 0 Å². The third-order valence-electron chi connectivity index (χ3n) is 5.48. The van der Waals surface area contributed by atoms with Crippen molar-refractivity contribution in [1.29, 1.82) is 0 Å². The molecule has 0 aliphatic carbocycles. The number of halogens is 2. The molecule has 13 heteroatoms. The van der Waals surface area contributed by atoms with Gasteiger partial charge in [0.25, 0.3) is 0 Å². The molecule has 2 amide bonds. The number of carbonyl (C=O) groups excluding carboxylic acids is 2. The number of benzene rings is 2. The van der Waals surface area contributed by atoms with E-state index < -0.39 is 24.3 Å². The minimum absolute atomic E-state index is 0.191. The SMILES string of the molecule is C=CCOc1c(Cl)cc(Cl)cc1/C=N/N[C@@H](O)COc1ccc([C@H]2NC(=O)NC(C)=C2C(=O)OC)cc1OCC. The number of hydrogen-bond acceptors (Lipinski definition) is 9. The first kappa shape index (κ1) is 30.6. The maximum absolute atomic E-state index is 12.4. The molecular formula is C27H30Cl2N4O7. The molecule has 214 valence electrons. The van der Waals surface area contributed by atoms with Gasteiger partial charge >= 0.3 is 12.0 Å². The number of ether oxygens (including phenoxy) is 4. The zero-order valence-corrected chi connectivity index (χ0v) is 23.6. The van der Waals surface area contributed by atoms with Gasteiger partial charge in [-0.3, -0.25) is 5.43 Å². The monoisotopic (exact) mass is 592 g/mol. The quantitative estimate of drug-likeness (QED) is 0.0896. The van der Waals surface area contributed by atoms with E-state index in [-0.39, 0.29) is 18.8 Å². The number of esters is 1. The lowest BCUT2D eigenvalue weighted by Crippen LogP contribution is -2.45. The highest BCUT2D eigenvalue weighted by Crippen LogP contribution is 2.35. The second-order valence-electron chi connectivity index (χ2n) is 8.32. The number of carbonyl (C=O) groups is 2. The Morgan fingerprint density at radius 3 is 2.70 bits per heavy atom. The first-order valence-electron chi connectivity index (χ1n) is 12.1. The minimum Gasteiger partial charge on any atom is -0.490 e. The Morgan fingerprint density at radius 2 is 2.00 bits per heavy atom. The Bertz CT molecular complexity index is 1320. The molecule has 4 N–H and O–H groups in total. The van der Waals surface area contributed by atoms with Gasteiger partial charge in [-0.05, 0) is 43.7 Å². The van der Waals surface area contributed by atoms with Gasteiger partial charge in [-0.1, -0.05) is 41.9 Å². The van der Waals surface area contributed by atoms with E-state index in [4.69, 9.17) is 42.1 Å². The van der Waals surface area contributed by atoms with Crippen molar-refractivity contribution < 1.29 is 33.6 Å². The summed E-state index contributed by atoms with van der Waals surface area (Å²) in [5.74, 6) is 0.470. The van der Waals surface area contributed by atoms with E-state index >= 15 is 0 Å². The number of amides is 2. The summed E-state index contributed by atoms with van der Waals surface area (Å²) in [4.78, 5) is 24.5.